The number of benzene rings is 8. The molecule has 0 bridgehead atoms. The van der Waals surface area contributed by atoms with Crippen molar-refractivity contribution in [3.63, 3.8) is 0 Å². The number of furan rings is 1. The molecule has 6 heteroatoms. The third kappa shape index (κ3) is 9.34. The standard InChI is InChI=1S/C49H39N2O.C19H22NSi.Ir/c1-31(2)42-28-38(36-24-22-35(23-25-36)33-14-7-5-8-15-33)29-43(32(3)4)47(42)51-45-21-12-11-20-44(45)50-49(51)41-19-13-18-40-39-27-26-37(30-46(39)52-48(40)41)34-16-9-6-10-17-34;1-3-8-16(9-4-1)18-14-17-10-7-13-21(19(17)15-20-18)11-5-2-6-12-21;/h5-18,20-32H,1-4H3;1,3-4,8,14-15H,2,5-7,10-13H2;/q2*-1;. The number of para-hydroxylation sites is 2. The van der Waals surface area contributed by atoms with Crippen molar-refractivity contribution >= 4 is 46.2 Å². The summed E-state index contributed by atoms with van der Waals surface area (Å²) in [6.07, 6.45) is 9.28. The molecule has 369 valence electrons. The molecule has 0 unspecified atom stereocenters. The van der Waals surface area contributed by atoms with E-state index in [1.54, 1.807) is 10.8 Å². The van der Waals surface area contributed by atoms with Crippen molar-refractivity contribution in [2.75, 3.05) is 0 Å². The molecule has 4 nitrogen and oxygen atoms in total. The van der Waals surface area contributed by atoms with Crippen LogP contribution in [0.4, 0.5) is 0 Å². The third-order valence-electron chi connectivity index (χ3n) is 15.7. The summed E-state index contributed by atoms with van der Waals surface area (Å²) in [4.78, 5) is 10.2. The minimum absolute atomic E-state index is 0. The summed E-state index contributed by atoms with van der Waals surface area (Å²) < 4.78 is 9.15. The maximum Gasteiger partial charge on any atom is 0.121 e. The van der Waals surface area contributed by atoms with Crippen molar-refractivity contribution in [1.82, 2.24) is 14.5 Å². The molecule has 0 N–H and O–H groups in total. The van der Waals surface area contributed by atoms with Crippen LogP contribution in [0.1, 0.15) is 81.9 Å². The number of aromatic nitrogens is 3. The van der Waals surface area contributed by atoms with E-state index in [9.17, 15) is 0 Å². The van der Waals surface area contributed by atoms with Gasteiger partial charge in [-0.1, -0.05) is 203 Å². The first-order chi connectivity index (χ1) is 35.8. The molecule has 0 atom stereocenters. The van der Waals surface area contributed by atoms with Gasteiger partial charge in [0.1, 0.15) is 5.58 Å². The van der Waals surface area contributed by atoms with Crippen LogP contribution in [-0.4, -0.2) is 22.6 Å². The van der Waals surface area contributed by atoms with E-state index < -0.39 is 8.07 Å². The topological polar surface area (TPSA) is 43.9 Å². The van der Waals surface area contributed by atoms with Gasteiger partial charge in [-0.05, 0) is 104 Å². The van der Waals surface area contributed by atoms with Crippen LogP contribution in [0.15, 0.2) is 193 Å². The van der Waals surface area contributed by atoms with Gasteiger partial charge < -0.3 is 14.0 Å². The molecule has 2 aliphatic rings. The Morgan fingerprint density at radius 2 is 1.18 bits per heavy atom. The van der Waals surface area contributed by atoms with E-state index in [1.165, 1.54) is 89.3 Å². The van der Waals surface area contributed by atoms with E-state index in [4.69, 9.17) is 14.4 Å². The predicted molar refractivity (Wildman–Crippen MR) is 308 cm³/mol. The van der Waals surface area contributed by atoms with Gasteiger partial charge in [0.15, 0.2) is 0 Å². The number of fused-ring (bicyclic) bond motifs is 6. The number of hydrogen-bond acceptors (Lipinski definition) is 3. The van der Waals surface area contributed by atoms with Crippen LogP contribution in [0.3, 0.4) is 0 Å². The molecule has 0 amide bonds. The van der Waals surface area contributed by atoms with Crippen molar-refractivity contribution in [2.24, 2.45) is 0 Å². The zero-order valence-electron chi connectivity index (χ0n) is 42.8. The molecular formula is C68H61IrN3OSi-2. The molecule has 1 fully saturated rings. The molecule has 13 rings (SSSR count). The Bertz CT molecular complexity index is 3710. The number of hydrogen-bond donors (Lipinski definition) is 0. The van der Waals surface area contributed by atoms with Crippen LogP contribution in [-0.2, 0) is 26.5 Å². The molecular weight excluding hydrogens is 1100 g/mol. The first kappa shape index (κ1) is 49.3. The second-order valence-electron chi connectivity index (χ2n) is 21.0. The van der Waals surface area contributed by atoms with Crippen LogP contribution >= 0.6 is 0 Å². The molecule has 11 aromatic rings. The average molecular weight is 1160 g/mol. The predicted octanol–water partition coefficient (Wildman–Crippen LogP) is 18.0. The van der Waals surface area contributed by atoms with E-state index in [0.717, 1.165) is 66.7 Å². The molecule has 8 aromatic carbocycles. The maximum absolute atomic E-state index is 6.78. The molecule has 0 saturated carbocycles. The molecule has 0 aliphatic carbocycles. The van der Waals surface area contributed by atoms with E-state index in [-0.39, 0.29) is 31.9 Å². The zero-order valence-corrected chi connectivity index (χ0v) is 46.2. The Balaban J connectivity index is 0.000000223. The van der Waals surface area contributed by atoms with Crippen molar-refractivity contribution in [3.8, 4) is 61.7 Å². The second-order valence-corrected chi connectivity index (χ2v) is 25.6. The van der Waals surface area contributed by atoms with Crippen LogP contribution in [0.25, 0.3) is 94.7 Å². The first-order valence-electron chi connectivity index (χ1n) is 26.5. The monoisotopic (exact) mass is 1160 g/mol. The Morgan fingerprint density at radius 3 is 1.86 bits per heavy atom. The second kappa shape index (κ2) is 21.1. The minimum atomic E-state index is -1.19. The fourth-order valence-corrected chi connectivity index (χ4v) is 17.5. The average Bonchev–Trinajstić information content (AvgIpc) is 4.02. The van der Waals surface area contributed by atoms with Gasteiger partial charge in [-0.3, -0.25) is 4.98 Å². The quantitative estimate of drug-likeness (QED) is 0.112. The molecule has 3 aromatic heterocycles. The van der Waals surface area contributed by atoms with Gasteiger partial charge in [-0.15, -0.1) is 54.1 Å². The van der Waals surface area contributed by atoms with Crippen molar-refractivity contribution in [1.29, 1.82) is 0 Å². The number of aryl methyl sites for hydroxylation is 1. The summed E-state index contributed by atoms with van der Waals surface area (Å²) in [7, 11) is -1.19. The van der Waals surface area contributed by atoms with E-state index >= 15 is 0 Å². The number of imidazole rings is 1. The fraction of sp³-hybridized carbons (Fsp3) is 0.206. The normalized spacial score (nSPS) is 14.0. The zero-order chi connectivity index (χ0) is 49.5. The number of nitrogens with zero attached hydrogens (tertiary/aromatic N) is 3. The molecule has 1 saturated heterocycles. The smallest absolute Gasteiger partial charge is 0.121 e. The summed E-state index contributed by atoms with van der Waals surface area (Å²) in [5.41, 5.74) is 19.3. The van der Waals surface area contributed by atoms with Gasteiger partial charge in [0.2, 0.25) is 0 Å². The maximum atomic E-state index is 6.78. The largest absolute Gasteiger partial charge is 0.501 e. The third-order valence-corrected chi connectivity index (χ3v) is 21.3. The Kier molecular flexibility index (Phi) is 14.1. The molecule has 1 radical (unpaired) electrons. The van der Waals surface area contributed by atoms with Gasteiger partial charge in [-0.25, -0.2) is 0 Å². The van der Waals surface area contributed by atoms with Crippen LogP contribution in [0.2, 0.25) is 18.1 Å². The van der Waals surface area contributed by atoms with Gasteiger partial charge >= 0.3 is 0 Å². The minimum Gasteiger partial charge on any atom is -0.501 e. The summed E-state index contributed by atoms with van der Waals surface area (Å²) in [5.74, 6) is 1.35. The Labute approximate surface area is 450 Å². The summed E-state index contributed by atoms with van der Waals surface area (Å²) in [5, 5.41) is 3.85. The SMILES string of the molecule is CC(C)c1cc(-c2ccc(-c3ccccc3)cc2)cc(C(C)C)c1-n1c(-c2[c-]ccc3c2oc2cc(-c4ccccc4)ccc23)nc2ccccc21.[Ir].[c-]1ccccc1-c1cc2c(cn1)[Si]1(CCCCC1)CCC2. The number of rotatable bonds is 8. The van der Waals surface area contributed by atoms with E-state index in [1.807, 2.05) is 24.3 Å². The van der Waals surface area contributed by atoms with Gasteiger partial charge in [0.25, 0.3) is 0 Å². The Morgan fingerprint density at radius 1 is 0.554 bits per heavy atom. The van der Waals surface area contributed by atoms with E-state index in [0.29, 0.717) is 0 Å². The summed E-state index contributed by atoms with van der Waals surface area (Å²) >= 11 is 0. The molecule has 74 heavy (non-hydrogen) atoms. The van der Waals surface area contributed by atoms with Gasteiger partial charge in [0.05, 0.1) is 30.5 Å². The van der Waals surface area contributed by atoms with Crippen LogP contribution in [0, 0.1) is 12.1 Å². The summed E-state index contributed by atoms with van der Waals surface area (Å²) in [6, 6.07) is 75.8. The van der Waals surface area contributed by atoms with Crippen LogP contribution < -0.4 is 5.19 Å². The van der Waals surface area contributed by atoms with Crippen molar-refractivity contribution in [3.05, 3.63) is 217 Å². The fourth-order valence-electron chi connectivity index (χ4n) is 12.0. The Hall–Kier alpha value is -6.95. The van der Waals surface area contributed by atoms with Gasteiger partial charge in [0, 0.05) is 37.4 Å². The van der Waals surface area contributed by atoms with E-state index in [2.05, 4.69) is 208 Å². The molecule has 2 aliphatic heterocycles. The van der Waals surface area contributed by atoms with Crippen LogP contribution in [0.5, 0.6) is 0 Å². The van der Waals surface area contributed by atoms with Gasteiger partial charge in [-0.2, -0.15) is 0 Å². The van der Waals surface area contributed by atoms with Crippen molar-refractivity contribution in [2.45, 2.75) is 89.8 Å². The summed E-state index contributed by atoms with van der Waals surface area (Å²) in [6.45, 7) is 9.17. The van der Waals surface area contributed by atoms with Crippen molar-refractivity contribution < 1.29 is 24.5 Å². The molecule has 1 spiro atoms. The number of pyridine rings is 1. The first-order valence-corrected chi connectivity index (χ1v) is 29.1. The molecule has 5 heterocycles.